The summed E-state index contributed by atoms with van der Waals surface area (Å²) in [6.07, 6.45) is 0.433. The van der Waals surface area contributed by atoms with E-state index in [1.807, 2.05) is 30.3 Å². The zero-order valence-electron chi connectivity index (χ0n) is 16.6. The lowest BCUT2D eigenvalue weighted by Gasteiger charge is -2.33. The molecule has 1 amide bonds. The molecule has 1 saturated heterocycles. The first-order chi connectivity index (χ1) is 14.5. The zero-order chi connectivity index (χ0) is 21.1. The van der Waals surface area contributed by atoms with E-state index in [0.717, 1.165) is 5.56 Å². The summed E-state index contributed by atoms with van der Waals surface area (Å²) < 4.78 is 16.9. The quantitative estimate of drug-likeness (QED) is 0.644. The lowest BCUT2D eigenvalue weighted by Crippen LogP contribution is -2.57. The van der Waals surface area contributed by atoms with Gasteiger partial charge in [0.05, 0.1) is 5.56 Å². The van der Waals surface area contributed by atoms with Gasteiger partial charge < -0.3 is 24.3 Å². The van der Waals surface area contributed by atoms with Gasteiger partial charge in [-0.1, -0.05) is 30.3 Å². The fraction of sp³-hybridized carbons (Fsp3) is 0.304. The van der Waals surface area contributed by atoms with Crippen molar-refractivity contribution in [1.82, 2.24) is 5.32 Å². The number of hydrogen-bond donors (Lipinski definition) is 2. The Hall–Kier alpha value is -3.32. The van der Waals surface area contributed by atoms with Crippen LogP contribution in [0.2, 0.25) is 0 Å². The smallest absolute Gasteiger partial charge is 0.329 e. The van der Waals surface area contributed by atoms with Crippen LogP contribution in [0.5, 0.6) is 5.75 Å². The molecule has 0 radical (unpaired) electrons. The van der Waals surface area contributed by atoms with E-state index in [4.69, 9.17) is 13.9 Å². The average molecular weight is 409 g/mol. The third kappa shape index (κ3) is 3.89. The van der Waals surface area contributed by atoms with Crippen molar-refractivity contribution in [3.8, 4) is 5.75 Å². The minimum atomic E-state index is -1.34. The van der Waals surface area contributed by atoms with Gasteiger partial charge in [0.25, 0.3) is 5.91 Å². The molecule has 0 saturated carbocycles. The molecule has 7 heteroatoms. The molecule has 1 aromatic heterocycles. The number of hydrogen-bond acceptors (Lipinski definition) is 5. The summed E-state index contributed by atoms with van der Waals surface area (Å²) >= 11 is 0. The van der Waals surface area contributed by atoms with Crippen molar-refractivity contribution < 1.29 is 28.6 Å². The van der Waals surface area contributed by atoms with Gasteiger partial charge in [-0.25, -0.2) is 4.79 Å². The maximum atomic E-state index is 13.1. The molecule has 2 aromatic carbocycles. The molecule has 2 N–H and O–H groups in total. The van der Waals surface area contributed by atoms with Gasteiger partial charge in [0.2, 0.25) is 0 Å². The number of carbonyl (C=O) groups excluding carboxylic acids is 1. The van der Waals surface area contributed by atoms with E-state index in [9.17, 15) is 14.7 Å². The van der Waals surface area contributed by atoms with E-state index in [-0.39, 0.29) is 26.1 Å². The summed E-state index contributed by atoms with van der Waals surface area (Å²) in [6.45, 7) is 2.66. The van der Waals surface area contributed by atoms with Gasteiger partial charge in [-0.05, 0) is 30.7 Å². The SMILES string of the molecule is Cc1oc2ccc(OCc3ccccc3)cc2c1C(=O)NC1(C(=O)O)CCOCC1. The van der Waals surface area contributed by atoms with Crippen LogP contribution < -0.4 is 10.1 Å². The molecule has 3 aromatic rings. The highest BCUT2D eigenvalue weighted by molar-refractivity contribution is 6.09. The third-order valence-corrected chi connectivity index (χ3v) is 5.42. The second-order valence-electron chi connectivity index (χ2n) is 7.42. The molecule has 0 unspecified atom stereocenters. The summed E-state index contributed by atoms with van der Waals surface area (Å²) in [5.41, 5.74) is 0.553. The van der Waals surface area contributed by atoms with Crippen molar-refractivity contribution in [1.29, 1.82) is 0 Å². The second kappa shape index (κ2) is 8.20. The number of aryl methyl sites for hydroxylation is 1. The largest absolute Gasteiger partial charge is 0.489 e. The minimum Gasteiger partial charge on any atom is -0.489 e. The zero-order valence-corrected chi connectivity index (χ0v) is 16.6. The minimum absolute atomic E-state index is 0.217. The van der Waals surface area contributed by atoms with E-state index < -0.39 is 17.4 Å². The number of fused-ring (bicyclic) bond motifs is 1. The summed E-state index contributed by atoms with van der Waals surface area (Å²) in [4.78, 5) is 25.0. The highest BCUT2D eigenvalue weighted by Gasteiger charge is 2.42. The van der Waals surface area contributed by atoms with Crippen molar-refractivity contribution in [2.45, 2.75) is 31.9 Å². The van der Waals surface area contributed by atoms with Crippen LogP contribution in [0.4, 0.5) is 0 Å². The van der Waals surface area contributed by atoms with E-state index in [0.29, 0.717) is 34.6 Å². The molecule has 156 valence electrons. The predicted molar refractivity (Wildman–Crippen MR) is 110 cm³/mol. The van der Waals surface area contributed by atoms with Crippen LogP contribution in [0.15, 0.2) is 52.9 Å². The number of furan rings is 1. The first kappa shape index (κ1) is 20.0. The molecule has 0 aliphatic carbocycles. The molecular weight excluding hydrogens is 386 g/mol. The molecule has 0 atom stereocenters. The first-order valence-corrected chi connectivity index (χ1v) is 9.82. The van der Waals surface area contributed by atoms with Crippen molar-refractivity contribution in [2.75, 3.05) is 13.2 Å². The van der Waals surface area contributed by atoms with Gasteiger partial charge in [-0.3, -0.25) is 4.79 Å². The Balaban J connectivity index is 1.60. The first-order valence-electron chi connectivity index (χ1n) is 9.82. The molecule has 7 nitrogen and oxygen atoms in total. The second-order valence-corrected chi connectivity index (χ2v) is 7.42. The number of carbonyl (C=O) groups is 2. The lowest BCUT2D eigenvalue weighted by molar-refractivity contribution is -0.148. The van der Waals surface area contributed by atoms with E-state index >= 15 is 0 Å². The molecule has 0 spiro atoms. The number of nitrogens with one attached hydrogen (secondary N) is 1. The summed E-state index contributed by atoms with van der Waals surface area (Å²) in [6, 6.07) is 15.1. The van der Waals surface area contributed by atoms with Crippen molar-refractivity contribution in [3.63, 3.8) is 0 Å². The summed E-state index contributed by atoms with van der Waals surface area (Å²) in [5.74, 6) is -0.511. The maximum absolute atomic E-state index is 13.1. The maximum Gasteiger partial charge on any atom is 0.329 e. The van der Waals surface area contributed by atoms with Crippen LogP contribution in [0.1, 0.15) is 34.5 Å². The number of amides is 1. The Labute approximate surface area is 173 Å². The number of aliphatic carboxylic acids is 1. The molecule has 1 aliphatic rings. The fourth-order valence-corrected chi connectivity index (χ4v) is 3.70. The van der Waals surface area contributed by atoms with E-state index in [2.05, 4.69) is 5.32 Å². The predicted octanol–water partition coefficient (Wildman–Crippen LogP) is 3.68. The van der Waals surface area contributed by atoms with Gasteiger partial charge >= 0.3 is 5.97 Å². The van der Waals surface area contributed by atoms with Crippen molar-refractivity contribution in [3.05, 3.63) is 65.4 Å². The van der Waals surface area contributed by atoms with Gasteiger partial charge in [0.15, 0.2) is 0 Å². The van der Waals surface area contributed by atoms with E-state index in [1.54, 1.807) is 25.1 Å². The monoisotopic (exact) mass is 409 g/mol. The number of ether oxygens (including phenoxy) is 2. The highest BCUT2D eigenvalue weighted by Crippen LogP contribution is 2.31. The topological polar surface area (TPSA) is 98.0 Å². The molecule has 0 bridgehead atoms. The summed E-state index contributed by atoms with van der Waals surface area (Å²) in [7, 11) is 0. The van der Waals surface area contributed by atoms with Crippen LogP contribution in [0, 0.1) is 6.92 Å². The van der Waals surface area contributed by atoms with Crippen LogP contribution in [-0.4, -0.2) is 35.7 Å². The Morgan fingerprint density at radius 1 is 1.13 bits per heavy atom. The number of carboxylic acid groups (broad SMARTS) is 1. The summed E-state index contributed by atoms with van der Waals surface area (Å²) in [5, 5.41) is 13.0. The highest BCUT2D eigenvalue weighted by atomic mass is 16.5. The molecule has 1 aliphatic heterocycles. The Morgan fingerprint density at radius 2 is 1.87 bits per heavy atom. The normalized spacial score (nSPS) is 15.6. The third-order valence-electron chi connectivity index (χ3n) is 5.42. The number of carboxylic acids is 1. The molecule has 2 heterocycles. The number of rotatable bonds is 6. The molecular formula is C23H23NO6. The Bertz CT molecular complexity index is 1070. The van der Waals surface area contributed by atoms with Crippen molar-refractivity contribution in [2.24, 2.45) is 0 Å². The standard InChI is InChI=1S/C23H23NO6/c1-15-20(21(25)24-23(22(26)27)9-11-28-12-10-23)18-13-17(7-8-19(18)30-15)29-14-16-5-3-2-4-6-16/h2-8,13H,9-12,14H2,1H3,(H,24,25)(H,26,27). The molecule has 1 fully saturated rings. The van der Waals surface area contributed by atoms with Crippen LogP contribution >= 0.6 is 0 Å². The Kier molecular flexibility index (Phi) is 5.46. The fourth-order valence-electron chi connectivity index (χ4n) is 3.70. The molecule has 30 heavy (non-hydrogen) atoms. The van der Waals surface area contributed by atoms with Gasteiger partial charge in [-0.15, -0.1) is 0 Å². The Morgan fingerprint density at radius 3 is 2.57 bits per heavy atom. The van der Waals surface area contributed by atoms with Gasteiger partial charge in [0, 0.05) is 31.4 Å². The average Bonchev–Trinajstić information content (AvgIpc) is 3.08. The van der Waals surface area contributed by atoms with Crippen LogP contribution in [-0.2, 0) is 16.1 Å². The molecule has 4 rings (SSSR count). The van der Waals surface area contributed by atoms with Crippen LogP contribution in [0.3, 0.4) is 0 Å². The van der Waals surface area contributed by atoms with Gasteiger partial charge in [0.1, 0.15) is 29.2 Å². The lowest BCUT2D eigenvalue weighted by atomic mass is 9.89. The number of benzene rings is 2. The van der Waals surface area contributed by atoms with Gasteiger partial charge in [-0.2, -0.15) is 0 Å². The van der Waals surface area contributed by atoms with Crippen molar-refractivity contribution >= 4 is 22.8 Å². The van der Waals surface area contributed by atoms with Crippen LogP contribution in [0.25, 0.3) is 11.0 Å². The van der Waals surface area contributed by atoms with E-state index in [1.165, 1.54) is 0 Å².